The number of furan rings is 1. The van der Waals surface area contributed by atoms with E-state index in [4.69, 9.17) is 15.0 Å². The number of nitrogens with two attached hydrogens (primary N) is 1. The summed E-state index contributed by atoms with van der Waals surface area (Å²) in [5, 5.41) is 4.24. The van der Waals surface area contributed by atoms with E-state index < -0.39 is 17.7 Å². The van der Waals surface area contributed by atoms with Crippen molar-refractivity contribution in [2.24, 2.45) is 10.9 Å². The van der Waals surface area contributed by atoms with Gasteiger partial charge in [-0.25, -0.2) is 4.79 Å². The first-order valence-corrected chi connectivity index (χ1v) is 7.48. The van der Waals surface area contributed by atoms with Gasteiger partial charge in [0.2, 0.25) is 5.76 Å². The number of hydrogen-bond acceptors (Lipinski definition) is 4. The maximum Gasteiger partial charge on any atom is 0.416 e. The molecule has 3 rings (SSSR count). The molecule has 0 fully saturated rings. The first-order valence-electron chi connectivity index (χ1n) is 7.48. The monoisotopic (exact) mass is 362 g/mol. The molecule has 0 aliphatic rings. The van der Waals surface area contributed by atoms with Crippen LogP contribution in [0.4, 0.5) is 13.2 Å². The fraction of sp³-hybridized carbons (Fsp3) is 0.111. The number of hydrogen-bond donors (Lipinski definition) is 1. The van der Waals surface area contributed by atoms with Crippen LogP contribution < -0.4 is 5.73 Å². The van der Waals surface area contributed by atoms with E-state index in [-0.39, 0.29) is 17.2 Å². The number of nitrogens with zero attached hydrogens (tertiary/aromatic N) is 1. The molecule has 0 amide bonds. The summed E-state index contributed by atoms with van der Waals surface area (Å²) in [6, 6.07) is 11.1. The quantitative estimate of drug-likeness (QED) is 0.327. The third kappa shape index (κ3) is 3.39. The molecule has 0 saturated carbocycles. The molecule has 0 aliphatic carbocycles. The van der Waals surface area contributed by atoms with E-state index in [1.54, 1.807) is 31.2 Å². The Morgan fingerprint density at radius 3 is 2.38 bits per heavy atom. The lowest BCUT2D eigenvalue weighted by atomic mass is 10.1. The van der Waals surface area contributed by atoms with E-state index in [0.717, 1.165) is 29.7 Å². The van der Waals surface area contributed by atoms with E-state index >= 15 is 0 Å². The SMILES string of the molecule is Cc1c(C(=O)ON=C(N)c2ccc(C(F)(F)F)cc2)oc2ccccc12. The Balaban J connectivity index is 1.77. The van der Waals surface area contributed by atoms with Gasteiger partial charge in [0.15, 0.2) is 5.84 Å². The molecule has 0 unspecified atom stereocenters. The van der Waals surface area contributed by atoms with Gasteiger partial charge in [-0.05, 0) is 25.1 Å². The van der Waals surface area contributed by atoms with E-state index in [0.29, 0.717) is 11.1 Å². The van der Waals surface area contributed by atoms with Crippen LogP contribution in [0, 0.1) is 6.92 Å². The van der Waals surface area contributed by atoms with Gasteiger partial charge in [-0.15, -0.1) is 0 Å². The molecule has 5 nitrogen and oxygen atoms in total. The molecule has 26 heavy (non-hydrogen) atoms. The fourth-order valence-corrected chi connectivity index (χ4v) is 2.38. The average Bonchev–Trinajstić information content (AvgIpc) is 2.96. The van der Waals surface area contributed by atoms with E-state index in [2.05, 4.69) is 5.16 Å². The van der Waals surface area contributed by atoms with Gasteiger partial charge in [0.25, 0.3) is 0 Å². The van der Waals surface area contributed by atoms with Crippen molar-refractivity contribution in [3.8, 4) is 0 Å². The van der Waals surface area contributed by atoms with E-state index in [9.17, 15) is 18.0 Å². The molecule has 0 saturated heterocycles. The lowest BCUT2D eigenvalue weighted by molar-refractivity contribution is -0.137. The van der Waals surface area contributed by atoms with Crippen LogP contribution in [0.15, 0.2) is 58.1 Å². The maximum atomic E-state index is 12.5. The van der Waals surface area contributed by atoms with Crippen molar-refractivity contribution in [1.29, 1.82) is 0 Å². The highest BCUT2D eigenvalue weighted by Gasteiger charge is 2.30. The Kier molecular flexibility index (Phi) is 4.41. The average molecular weight is 362 g/mol. The maximum absolute atomic E-state index is 12.5. The smallest absolute Gasteiger partial charge is 0.416 e. The van der Waals surface area contributed by atoms with Gasteiger partial charge in [0.1, 0.15) is 5.58 Å². The summed E-state index contributed by atoms with van der Waals surface area (Å²) in [4.78, 5) is 16.9. The summed E-state index contributed by atoms with van der Waals surface area (Å²) in [5.74, 6) is -1.11. The summed E-state index contributed by atoms with van der Waals surface area (Å²) >= 11 is 0. The Labute approximate surface area is 145 Å². The predicted molar refractivity (Wildman–Crippen MR) is 88.5 cm³/mol. The predicted octanol–water partition coefficient (Wildman–Crippen LogP) is 4.24. The molecule has 1 aromatic heterocycles. The molecule has 2 N–H and O–H groups in total. The molecule has 0 aliphatic heterocycles. The zero-order valence-corrected chi connectivity index (χ0v) is 13.5. The second-order valence-electron chi connectivity index (χ2n) is 5.48. The molecular formula is C18H13F3N2O3. The highest BCUT2D eigenvalue weighted by molar-refractivity contribution is 5.99. The molecule has 0 atom stereocenters. The van der Waals surface area contributed by atoms with Gasteiger partial charge in [-0.2, -0.15) is 13.2 Å². The molecule has 0 bridgehead atoms. The van der Waals surface area contributed by atoms with Gasteiger partial charge in [-0.3, -0.25) is 0 Å². The zero-order chi connectivity index (χ0) is 18.9. The highest BCUT2D eigenvalue weighted by Crippen LogP contribution is 2.29. The molecule has 0 radical (unpaired) electrons. The molecule has 2 aromatic carbocycles. The highest BCUT2D eigenvalue weighted by atomic mass is 19.4. The number of amidine groups is 1. The van der Waals surface area contributed by atoms with Crippen molar-refractivity contribution in [2.75, 3.05) is 0 Å². The topological polar surface area (TPSA) is 77.8 Å². The molecule has 1 heterocycles. The van der Waals surface area contributed by atoms with Crippen LogP contribution in [-0.4, -0.2) is 11.8 Å². The fourth-order valence-electron chi connectivity index (χ4n) is 2.38. The Bertz CT molecular complexity index is 989. The van der Waals surface area contributed by atoms with Crippen molar-refractivity contribution in [1.82, 2.24) is 0 Å². The first kappa shape index (κ1) is 17.5. The van der Waals surface area contributed by atoms with Crippen LogP contribution in [0.1, 0.15) is 27.2 Å². The normalized spacial score (nSPS) is 12.4. The summed E-state index contributed by atoms with van der Waals surface area (Å²) in [7, 11) is 0. The number of para-hydroxylation sites is 1. The van der Waals surface area contributed by atoms with Crippen molar-refractivity contribution in [3.63, 3.8) is 0 Å². The van der Waals surface area contributed by atoms with Gasteiger partial charge in [-0.1, -0.05) is 35.5 Å². The summed E-state index contributed by atoms with van der Waals surface area (Å²) < 4.78 is 43.1. The van der Waals surface area contributed by atoms with Crippen LogP contribution in [0.5, 0.6) is 0 Å². The number of rotatable bonds is 3. The second kappa shape index (κ2) is 6.55. The zero-order valence-electron chi connectivity index (χ0n) is 13.5. The minimum Gasteiger partial charge on any atom is -0.449 e. The molecular weight excluding hydrogens is 349 g/mol. The van der Waals surface area contributed by atoms with Crippen LogP contribution in [0.3, 0.4) is 0 Å². The number of fused-ring (bicyclic) bond motifs is 1. The van der Waals surface area contributed by atoms with Gasteiger partial charge >= 0.3 is 12.1 Å². The minimum atomic E-state index is -4.45. The lowest BCUT2D eigenvalue weighted by Gasteiger charge is -2.07. The first-order chi connectivity index (χ1) is 12.3. The third-order valence-corrected chi connectivity index (χ3v) is 3.76. The largest absolute Gasteiger partial charge is 0.449 e. The van der Waals surface area contributed by atoms with Gasteiger partial charge in [0, 0.05) is 16.5 Å². The molecule has 3 aromatic rings. The summed E-state index contributed by atoms with van der Waals surface area (Å²) in [6.45, 7) is 1.70. The van der Waals surface area contributed by atoms with Crippen molar-refractivity contribution >= 4 is 22.8 Å². The number of oxime groups is 1. The van der Waals surface area contributed by atoms with Gasteiger partial charge < -0.3 is 15.0 Å². The van der Waals surface area contributed by atoms with E-state index in [1.807, 2.05) is 0 Å². The van der Waals surface area contributed by atoms with Crippen molar-refractivity contribution in [2.45, 2.75) is 13.1 Å². The van der Waals surface area contributed by atoms with Crippen molar-refractivity contribution in [3.05, 3.63) is 71.0 Å². The number of aryl methyl sites for hydroxylation is 1. The Hall–Kier alpha value is -3.29. The van der Waals surface area contributed by atoms with Crippen LogP contribution in [0.2, 0.25) is 0 Å². The Morgan fingerprint density at radius 2 is 1.77 bits per heavy atom. The molecule has 8 heteroatoms. The van der Waals surface area contributed by atoms with Crippen LogP contribution in [0.25, 0.3) is 11.0 Å². The number of halogens is 3. The molecule has 134 valence electrons. The van der Waals surface area contributed by atoms with Crippen LogP contribution in [-0.2, 0) is 11.0 Å². The Morgan fingerprint density at radius 1 is 1.12 bits per heavy atom. The second-order valence-corrected chi connectivity index (χ2v) is 5.48. The van der Waals surface area contributed by atoms with E-state index in [1.165, 1.54) is 0 Å². The number of carbonyl (C=O) groups is 1. The summed E-state index contributed by atoms with van der Waals surface area (Å²) in [5.41, 5.74) is 6.14. The molecule has 0 spiro atoms. The number of carbonyl (C=O) groups excluding carboxylic acids is 1. The standard InChI is InChI=1S/C18H13F3N2O3/c1-10-13-4-2-3-5-14(13)25-15(10)17(24)26-23-16(22)11-6-8-12(9-7-11)18(19,20)21/h2-9H,1H3,(H2,22,23). The van der Waals surface area contributed by atoms with Gasteiger partial charge in [0.05, 0.1) is 5.56 Å². The minimum absolute atomic E-state index is 0.0184. The third-order valence-electron chi connectivity index (χ3n) is 3.76. The number of benzene rings is 2. The lowest BCUT2D eigenvalue weighted by Crippen LogP contribution is -2.16. The van der Waals surface area contributed by atoms with Crippen molar-refractivity contribution < 1.29 is 27.2 Å². The van der Waals surface area contributed by atoms with Crippen LogP contribution >= 0.6 is 0 Å². The summed E-state index contributed by atoms with van der Waals surface area (Å²) in [6.07, 6.45) is -4.45. The number of alkyl halides is 3.